The molecule has 0 spiro atoms. The van der Waals surface area contributed by atoms with Crippen molar-refractivity contribution in [1.29, 1.82) is 0 Å². The van der Waals surface area contributed by atoms with E-state index in [2.05, 4.69) is 4.98 Å². The maximum atomic E-state index is 12.3. The molecule has 1 aliphatic rings. The summed E-state index contributed by atoms with van der Waals surface area (Å²) in [6, 6.07) is 9.52. The molecular formula is C14H14N2O. The molecule has 0 radical (unpaired) electrons. The number of carbonyl (C=O) groups excluding carboxylic acids is 1. The van der Waals surface area contributed by atoms with Crippen LogP contribution in [0.15, 0.2) is 36.5 Å². The Morgan fingerprint density at radius 2 is 2.18 bits per heavy atom. The van der Waals surface area contributed by atoms with Crippen LogP contribution in [-0.4, -0.2) is 17.3 Å². The fourth-order valence-electron chi connectivity index (χ4n) is 2.20. The Labute approximate surface area is 99.7 Å². The van der Waals surface area contributed by atoms with E-state index in [0.717, 1.165) is 29.3 Å². The van der Waals surface area contributed by atoms with Crippen molar-refractivity contribution in [2.45, 2.75) is 12.8 Å². The van der Waals surface area contributed by atoms with Crippen LogP contribution in [0.3, 0.4) is 0 Å². The number of rotatable bonds is 3. The molecule has 1 aliphatic carbocycles. The number of ketones is 1. The first-order valence-corrected chi connectivity index (χ1v) is 5.85. The zero-order chi connectivity index (χ0) is 11.9. The number of nitrogens with zero attached hydrogens (tertiary/aromatic N) is 1. The lowest BCUT2D eigenvalue weighted by Gasteiger charge is -2.11. The summed E-state index contributed by atoms with van der Waals surface area (Å²) in [7, 11) is 0. The quantitative estimate of drug-likeness (QED) is 0.816. The lowest BCUT2D eigenvalue weighted by molar-refractivity contribution is 0.0906. The van der Waals surface area contributed by atoms with Crippen molar-refractivity contribution in [3.05, 3.63) is 42.1 Å². The average Bonchev–Trinajstić information content (AvgIpc) is 3.18. The molecule has 0 unspecified atom stereocenters. The van der Waals surface area contributed by atoms with Crippen molar-refractivity contribution in [2.24, 2.45) is 11.1 Å². The summed E-state index contributed by atoms with van der Waals surface area (Å²) < 4.78 is 0. The predicted octanol–water partition coefficient (Wildman–Crippen LogP) is 2.16. The molecular weight excluding hydrogens is 212 g/mol. The van der Waals surface area contributed by atoms with Crippen LogP contribution in [0, 0.1) is 5.41 Å². The van der Waals surface area contributed by atoms with Crippen molar-refractivity contribution in [2.75, 3.05) is 6.54 Å². The van der Waals surface area contributed by atoms with E-state index in [-0.39, 0.29) is 11.2 Å². The second-order valence-electron chi connectivity index (χ2n) is 4.72. The number of benzene rings is 1. The van der Waals surface area contributed by atoms with Gasteiger partial charge in [-0.1, -0.05) is 6.07 Å². The van der Waals surface area contributed by atoms with E-state index < -0.39 is 0 Å². The molecule has 3 rings (SSSR count). The molecule has 0 saturated heterocycles. The van der Waals surface area contributed by atoms with Crippen molar-refractivity contribution in [3.63, 3.8) is 0 Å². The maximum absolute atomic E-state index is 12.3. The number of carbonyl (C=O) groups is 1. The average molecular weight is 226 g/mol. The van der Waals surface area contributed by atoms with E-state index >= 15 is 0 Å². The van der Waals surface area contributed by atoms with Gasteiger partial charge in [0.05, 0.1) is 5.52 Å². The highest BCUT2D eigenvalue weighted by Gasteiger charge is 2.48. The summed E-state index contributed by atoms with van der Waals surface area (Å²) in [5.74, 6) is 0.186. The molecule has 1 heterocycles. The standard InChI is InChI=1S/C14H14N2O/c15-9-14(5-6-14)13(17)11-3-4-12-10(8-11)2-1-7-16-12/h1-4,7-8H,5-6,9,15H2. The molecule has 1 saturated carbocycles. The zero-order valence-corrected chi connectivity index (χ0v) is 9.52. The van der Waals surface area contributed by atoms with Crippen LogP contribution in [0.4, 0.5) is 0 Å². The van der Waals surface area contributed by atoms with Gasteiger partial charge in [0, 0.05) is 29.1 Å². The monoisotopic (exact) mass is 226 g/mol. The lowest BCUT2D eigenvalue weighted by Crippen LogP contribution is -2.25. The first-order chi connectivity index (χ1) is 8.25. The molecule has 0 atom stereocenters. The van der Waals surface area contributed by atoms with Crippen LogP contribution in [0.5, 0.6) is 0 Å². The normalized spacial score (nSPS) is 17.0. The van der Waals surface area contributed by atoms with Gasteiger partial charge in [0.25, 0.3) is 0 Å². The number of Topliss-reactive ketones (excluding diaryl/α,β-unsaturated/α-hetero) is 1. The van der Waals surface area contributed by atoms with E-state index in [9.17, 15) is 4.79 Å². The van der Waals surface area contributed by atoms with Gasteiger partial charge < -0.3 is 5.73 Å². The highest BCUT2D eigenvalue weighted by Crippen LogP contribution is 2.47. The number of fused-ring (bicyclic) bond motifs is 1. The molecule has 0 amide bonds. The highest BCUT2D eigenvalue weighted by atomic mass is 16.1. The Bertz CT molecular complexity index is 588. The van der Waals surface area contributed by atoms with Gasteiger partial charge >= 0.3 is 0 Å². The van der Waals surface area contributed by atoms with Crippen LogP contribution in [0.1, 0.15) is 23.2 Å². The number of hydrogen-bond donors (Lipinski definition) is 1. The number of hydrogen-bond acceptors (Lipinski definition) is 3. The predicted molar refractivity (Wildman–Crippen MR) is 66.8 cm³/mol. The Morgan fingerprint density at radius 1 is 1.35 bits per heavy atom. The molecule has 3 heteroatoms. The Balaban J connectivity index is 2.04. The number of pyridine rings is 1. The zero-order valence-electron chi connectivity index (χ0n) is 9.52. The summed E-state index contributed by atoms with van der Waals surface area (Å²) in [5, 5.41) is 1.01. The van der Waals surface area contributed by atoms with Gasteiger partial charge in [-0.05, 0) is 37.1 Å². The summed E-state index contributed by atoms with van der Waals surface area (Å²) in [4.78, 5) is 16.5. The van der Waals surface area contributed by atoms with Crippen LogP contribution in [-0.2, 0) is 0 Å². The van der Waals surface area contributed by atoms with Gasteiger partial charge in [-0.15, -0.1) is 0 Å². The van der Waals surface area contributed by atoms with E-state index in [1.54, 1.807) is 6.20 Å². The molecule has 2 N–H and O–H groups in total. The highest BCUT2D eigenvalue weighted by molar-refractivity contribution is 6.04. The Kier molecular flexibility index (Phi) is 2.23. The van der Waals surface area contributed by atoms with E-state index in [1.165, 1.54) is 0 Å². The second kappa shape index (κ2) is 3.64. The van der Waals surface area contributed by atoms with Crippen LogP contribution in [0.25, 0.3) is 10.9 Å². The third kappa shape index (κ3) is 1.63. The van der Waals surface area contributed by atoms with Crippen molar-refractivity contribution >= 4 is 16.7 Å². The van der Waals surface area contributed by atoms with Gasteiger partial charge in [-0.25, -0.2) is 0 Å². The second-order valence-corrected chi connectivity index (χ2v) is 4.72. The molecule has 1 aromatic carbocycles. The Hall–Kier alpha value is -1.74. The molecule has 1 fully saturated rings. The molecule has 1 aromatic heterocycles. The van der Waals surface area contributed by atoms with Crippen molar-refractivity contribution in [3.8, 4) is 0 Å². The van der Waals surface area contributed by atoms with Gasteiger partial charge in [0.1, 0.15) is 0 Å². The lowest BCUT2D eigenvalue weighted by atomic mass is 9.94. The largest absolute Gasteiger partial charge is 0.329 e. The van der Waals surface area contributed by atoms with E-state index in [1.807, 2.05) is 30.3 Å². The minimum absolute atomic E-state index is 0.186. The topological polar surface area (TPSA) is 56.0 Å². The molecule has 17 heavy (non-hydrogen) atoms. The third-order valence-electron chi connectivity index (χ3n) is 3.59. The minimum Gasteiger partial charge on any atom is -0.329 e. The van der Waals surface area contributed by atoms with Crippen molar-refractivity contribution in [1.82, 2.24) is 4.98 Å². The van der Waals surface area contributed by atoms with Gasteiger partial charge in [-0.2, -0.15) is 0 Å². The van der Waals surface area contributed by atoms with Gasteiger partial charge in [0.2, 0.25) is 0 Å². The Morgan fingerprint density at radius 3 is 2.88 bits per heavy atom. The van der Waals surface area contributed by atoms with Crippen LogP contribution in [0.2, 0.25) is 0 Å². The fourth-order valence-corrected chi connectivity index (χ4v) is 2.20. The van der Waals surface area contributed by atoms with Crippen LogP contribution >= 0.6 is 0 Å². The minimum atomic E-state index is -0.268. The van der Waals surface area contributed by atoms with E-state index in [0.29, 0.717) is 6.54 Å². The molecule has 86 valence electrons. The fraction of sp³-hybridized carbons (Fsp3) is 0.286. The third-order valence-corrected chi connectivity index (χ3v) is 3.59. The van der Waals surface area contributed by atoms with Gasteiger partial charge in [0.15, 0.2) is 5.78 Å². The first kappa shape index (κ1) is 10.4. The molecule has 0 bridgehead atoms. The number of aromatic nitrogens is 1. The smallest absolute Gasteiger partial charge is 0.170 e. The number of nitrogens with two attached hydrogens (primary N) is 1. The summed E-state index contributed by atoms with van der Waals surface area (Å²) in [5.41, 5.74) is 7.09. The molecule has 0 aliphatic heterocycles. The van der Waals surface area contributed by atoms with Crippen molar-refractivity contribution < 1.29 is 4.79 Å². The van der Waals surface area contributed by atoms with Gasteiger partial charge in [-0.3, -0.25) is 9.78 Å². The first-order valence-electron chi connectivity index (χ1n) is 5.85. The summed E-state index contributed by atoms with van der Waals surface area (Å²) >= 11 is 0. The van der Waals surface area contributed by atoms with Crippen LogP contribution < -0.4 is 5.73 Å². The summed E-state index contributed by atoms with van der Waals surface area (Å²) in [6.45, 7) is 0.455. The molecule has 2 aromatic rings. The van der Waals surface area contributed by atoms with E-state index in [4.69, 9.17) is 5.73 Å². The maximum Gasteiger partial charge on any atom is 0.170 e. The summed E-state index contributed by atoms with van der Waals surface area (Å²) in [6.07, 6.45) is 3.60. The molecule has 3 nitrogen and oxygen atoms in total. The SMILES string of the molecule is NCC1(C(=O)c2ccc3ncccc3c2)CC1.